The number of rotatable bonds is 4. The van der Waals surface area contributed by atoms with Crippen molar-refractivity contribution in [3.05, 3.63) is 24.2 Å². The summed E-state index contributed by atoms with van der Waals surface area (Å²) in [5, 5.41) is 6.01. The molecule has 0 aromatic carbocycles. The first-order valence-corrected chi connectivity index (χ1v) is 8.69. The van der Waals surface area contributed by atoms with Gasteiger partial charge in [-0.05, 0) is 75.3 Å². The van der Waals surface area contributed by atoms with Gasteiger partial charge < -0.3 is 15.1 Å². The molecule has 1 heterocycles. The standard InChI is InChI=1S/C18H24N2O3/c1-11(19-17(22)15-3-2-4-23-15)16(21)20-18-8-12-5-13(9-18)7-14(6-12)10-18/h2-4,11-14H,5-10H2,1H3,(H,19,22)(H,20,21)/t11-,12?,13?,14?,18?/m1/s1. The summed E-state index contributed by atoms with van der Waals surface area (Å²) in [6, 6.07) is 2.70. The molecule has 1 aromatic rings. The SMILES string of the molecule is C[C@@H](NC(=O)c1ccco1)C(=O)NC12CC3CC(CC(C3)C1)C2. The normalized spacial score (nSPS) is 35.8. The lowest BCUT2D eigenvalue weighted by molar-refractivity contribution is -0.128. The van der Waals surface area contributed by atoms with E-state index in [0.717, 1.165) is 37.0 Å². The van der Waals surface area contributed by atoms with Crippen LogP contribution in [-0.4, -0.2) is 23.4 Å². The van der Waals surface area contributed by atoms with Gasteiger partial charge in [0.05, 0.1) is 6.26 Å². The first-order chi connectivity index (χ1) is 11.0. The van der Waals surface area contributed by atoms with Crippen molar-refractivity contribution in [3.63, 3.8) is 0 Å². The van der Waals surface area contributed by atoms with Gasteiger partial charge in [-0.25, -0.2) is 0 Å². The average molecular weight is 316 g/mol. The van der Waals surface area contributed by atoms with Crippen LogP contribution in [-0.2, 0) is 4.79 Å². The molecule has 0 aliphatic heterocycles. The molecular formula is C18H24N2O3. The summed E-state index contributed by atoms with van der Waals surface area (Å²) < 4.78 is 5.07. The van der Waals surface area contributed by atoms with Gasteiger partial charge in [-0.1, -0.05) is 0 Å². The molecule has 0 unspecified atom stereocenters. The molecule has 4 saturated carbocycles. The summed E-state index contributed by atoms with van der Waals surface area (Å²) in [7, 11) is 0. The molecular weight excluding hydrogens is 292 g/mol. The predicted molar refractivity (Wildman–Crippen MR) is 84.7 cm³/mol. The van der Waals surface area contributed by atoms with Gasteiger partial charge in [0.2, 0.25) is 5.91 Å². The minimum absolute atomic E-state index is 0.0184. The molecule has 1 aromatic heterocycles. The Kier molecular flexibility index (Phi) is 3.47. The van der Waals surface area contributed by atoms with Gasteiger partial charge in [0.1, 0.15) is 6.04 Å². The van der Waals surface area contributed by atoms with Gasteiger partial charge in [-0.2, -0.15) is 0 Å². The molecule has 5 rings (SSSR count). The maximum Gasteiger partial charge on any atom is 0.287 e. The summed E-state index contributed by atoms with van der Waals surface area (Å²) >= 11 is 0. The Bertz CT molecular complexity index is 573. The molecule has 23 heavy (non-hydrogen) atoms. The second-order valence-corrected chi connectivity index (χ2v) is 7.86. The molecule has 2 amide bonds. The number of amides is 2. The zero-order chi connectivity index (χ0) is 16.0. The Hall–Kier alpha value is -1.78. The van der Waals surface area contributed by atoms with Crippen LogP contribution in [0.5, 0.6) is 0 Å². The van der Waals surface area contributed by atoms with E-state index in [4.69, 9.17) is 4.42 Å². The fourth-order valence-corrected chi connectivity index (χ4v) is 5.37. The molecule has 0 spiro atoms. The predicted octanol–water partition coefficient (Wildman–Crippen LogP) is 2.48. The third-order valence-electron chi connectivity index (χ3n) is 5.91. The molecule has 124 valence electrons. The minimum Gasteiger partial charge on any atom is -0.459 e. The number of furan rings is 1. The molecule has 1 atom stereocenters. The summed E-state index contributed by atoms with van der Waals surface area (Å²) in [6.07, 6.45) is 8.84. The molecule has 5 nitrogen and oxygen atoms in total. The van der Waals surface area contributed by atoms with Gasteiger partial charge >= 0.3 is 0 Å². The minimum atomic E-state index is -0.555. The smallest absolute Gasteiger partial charge is 0.287 e. The van der Waals surface area contributed by atoms with Crippen LogP contribution in [0.2, 0.25) is 0 Å². The number of nitrogens with one attached hydrogen (secondary N) is 2. The lowest BCUT2D eigenvalue weighted by Gasteiger charge is -2.57. The van der Waals surface area contributed by atoms with Crippen LogP contribution in [0.3, 0.4) is 0 Å². The maximum absolute atomic E-state index is 12.6. The lowest BCUT2D eigenvalue weighted by atomic mass is 9.53. The fraction of sp³-hybridized carbons (Fsp3) is 0.667. The molecule has 4 bridgehead atoms. The van der Waals surface area contributed by atoms with Crippen molar-refractivity contribution in [2.45, 2.75) is 57.0 Å². The Labute approximate surface area is 136 Å². The Morgan fingerprint density at radius 2 is 1.78 bits per heavy atom. The zero-order valence-corrected chi connectivity index (χ0v) is 13.5. The highest BCUT2D eigenvalue weighted by molar-refractivity contribution is 5.95. The average Bonchev–Trinajstić information content (AvgIpc) is 2.99. The molecule has 5 heteroatoms. The third kappa shape index (κ3) is 2.77. The second-order valence-electron chi connectivity index (χ2n) is 7.86. The van der Waals surface area contributed by atoms with E-state index >= 15 is 0 Å². The van der Waals surface area contributed by atoms with Crippen LogP contribution in [0, 0.1) is 17.8 Å². The van der Waals surface area contributed by atoms with E-state index in [-0.39, 0.29) is 23.1 Å². The Balaban J connectivity index is 1.39. The van der Waals surface area contributed by atoms with Crippen molar-refractivity contribution in [1.82, 2.24) is 10.6 Å². The number of carbonyl (C=O) groups excluding carboxylic acids is 2. The van der Waals surface area contributed by atoms with Crippen LogP contribution in [0.25, 0.3) is 0 Å². The van der Waals surface area contributed by atoms with E-state index in [1.54, 1.807) is 19.1 Å². The molecule has 4 fully saturated rings. The second kappa shape index (κ2) is 5.39. The van der Waals surface area contributed by atoms with Crippen molar-refractivity contribution in [2.24, 2.45) is 17.8 Å². The lowest BCUT2D eigenvalue weighted by Crippen LogP contribution is -2.62. The van der Waals surface area contributed by atoms with E-state index in [0.29, 0.717) is 0 Å². The maximum atomic E-state index is 12.6. The topological polar surface area (TPSA) is 71.3 Å². The highest BCUT2D eigenvalue weighted by Gasteiger charge is 2.51. The highest BCUT2D eigenvalue weighted by Crippen LogP contribution is 2.55. The highest BCUT2D eigenvalue weighted by atomic mass is 16.3. The molecule has 0 radical (unpaired) electrons. The van der Waals surface area contributed by atoms with Gasteiger partial charge in [0, 0.05) is 5.54 Å². The first-order valence-electron chi connectivity index (χ1n) is 8.69. The summed E-state index contributed by atoms with van der Waals surface area (Å²) in [6.45, 7) is 1.73. The van der Waals surface area contributed by atoms with Crippen molar-refractivity contribution in [2.75, 3.05) is 0 Å². The summed E-state index contributed by atoms with van der Waals surface area (Å²) in [5.74, 6) is 2.17. The van der Waals surface area contributed by atoms with E-state index in [1.807, 2.05) is 0 Å². The van der Waals surface area contributed by atoms with Crippen LogP contribution < -0.4 is 10.6 Å². The fourth-order valence-electron chi connectivity index (χ4n) is 5.37. The van der Waals surface area contributed by atoms with Crippen LogP contribution >= 0.6 is 0 Å². The van der Waals surface area contributed by atoms with E-state index in [1.165, 1.54) is 25.5 Å². The molecule has 4 aliphatic carbocycles. The van der Waals surface area contributed by atoms with Gasteiger partial charge in [-0.15, -0.1) is 0 Å². The van der Waals surface area contributed by atoms with E-state index in [9.17, 15) is 9.59 Å². The van der Waals surface area contributed by atoms with Crippen molar-refractivity contribution in [1.29, 1.82) is 0 Å². The number of hydrogen-bond donors (Lipinski definition) is 2. The largest absolute Gasteiger partial charge is 0.459 e. The number of hydrogen-bond acceptors (Lipinski definition) is 3. The Morgan fingerprint density at radius 3 is 2.30 bits per heavy atom. The van der Waals surface area contributed by atoms with Crippen molar-refractivity contribution >= 4 is 11.8 Å². The Morgan fingerprint density at radius 1 is 1.17 bits per heavy atom. The quantitative estimate of drug-likeness (QED) is 0.896. The van der Waals surface area contributed by atoms with Gasteiger partial charge in [0.15, 0.2) is 5.76 Å². The monoisotopic (exact) mass is 316 g/mol. The van der Waals surface area contributed by atoms with Crippen LogP contribution in [0.15, 0.2) is 22.8 Å². The summed E-state index contributed by atoms with van der Waals surface area (Å²) in [4.78, 5) is 24.6. The van der Waals surface area contributed by atoms with Crippen molar-refractivity contribution < 1.29 is 14.0 Å². The van der Waals surface area contributed by atoms with E-state index in [2.05, 4.69) is 10.6 Å². The van der Waals surface area contributed by atoms with Gasteiger partial charge in [-0.3, -0.25) is 9.59 Å². The summed E-state index contributed by atoms with van der Waals surface area (Å²) in [5.41, 5.74) is -0.0184. The van der Waals surface area contributed by atoms with E-state index < -0.39 is 6.04 Å². The number of carbonyl (C=O) groups is 2. The third-order valence-corrected chi connectivity index (χ3v) is 5.91. The van der Waals surface area contributed by atoms with Crippen LogP contribution in [0.1, 0.15) is 56.0 Å². The molecule has 4 aliphatic rings. The van der Waals surface area contributed by atoms with Gasteiger partial charge in [0.25, 0.3) is 5.91 Å². The first kappa shape index (κ1) is 14.8. The van der Waals surface area contributed by atoms with Crippen LogP contribution in [0.4, 0.5) is 0 Å². The molecule has 2 N–H and O–H groups in total. The molecule has 0 saturated heterocycles. The zero-order valence-electron chi connectivity index (χ0n) is 13.5. The van der Waals surface area contributed by atoms with Crippen molar-refractivity contribution in [3.8, 4) is 0 Å².